The number of anilines is 1. The number of benzene rings is 2. The molecule has 1 N–H and O–H groups in total. The fraction of sp³-hybridized carbons (Fsp3) is 0.316. The van der Waals surface area contributed by atoms with Crippen LogP contribution in [0.4, 0.5) is 11.4 Å². The summed E-state index contributed by atoms with van der Waals surface area (Å²) in [5.41, 5.74) is -0.268. The zero-order valence-electron chi connectivity index (χ0n) is 16.2. The summed E-state index contributed by atoms with van der Waals surface area (Å²) < 4.78 is 27.4. The van der Waals surface area contributed by atoms with E-state index in [4.69, 9.17) is 11.6 Å². The summed E-state index contributed by atoms with van der Waals surface area (Å²) in [5, 5.41) is 13.7. The van der Waals surface area contributed by atoms with Gasteiger partial charge in [-0.3, -0.25) is 19.2 Å². The number of amides is 1. The predicted molar refractivity (Wildman–Crippen MR) is 112 cm³/mol. The lowest BCUT2D eigenvalue weighted by Gasteiger charge is -2.25. The van der Waals surface area contributed by atoms with Crippen molar-refractivity contribution in [3.05, 3.63) is 63.7 Å². The van der Waals surface area contributed by atoms with E-state index >= 15 is 0 Å². The Morgan fingerprint density at radius 2 is 1.79 bits per heavy atom. The van der Waals surface area contributed by atoms with E-state index < -0.39 is 33.1 Å². The number of para-hydroxylation sites is 1. The number of nitro benzene ring substituents is 1. The normalized spacial score (nSPS) is 12.4. The number of nitro groups is 1. The number of carbonyl (C=O) groups is 1. The maximum atomic E-state index is 13.3. The maximum Gasteiger partial charge on any atom is 0.289 e. The molecule has 0 saturated carbocycles. The second-order valence-electron chi connectivity index (χ2n) is 6.82. The number of nitrogens with one attached hydrogen (secondary N) is 1. The van der Waals surface area contributed by atoms with Gasteiger partial charge in [-0.05, 0) is 37.1 Å². The first-order chi connectivity index (χ1) is 13.5. The van der Waals surface area contributed by atoms with E-state index in [1.807, 2.05) is 20.8 Å². The quantitative estimate of drug-likeness (QED) is 0.499. The van der Waals surface area contributed by atoms with Gasteiger partial charge >= 0.3 is 0 Å². The molecule has 0 aliphatic heterocycles. The van der Waals surface area contributed by atoms with Crippen LogP contribution in [-0.4, -0.2) is 31.8 Å². The average Bonchev–Trinajstić information content (AvgIpc) is 2.66. The van der Waals surface area contributed by atoms with Crippen LogP contribution in [0.1, 0.15) is 20.8 Å². The Labute approximate surface area is 174 Å². The van der Waals surface area contributed by atoms with Crippen LogP contribution in [0, 0.1) is 16.0 Å². The summed E-state index contributed by atoms with van der Waals surface area (Å²) in [4.78, 5) is 22.6. The van der Waals surface area contributed by atoms with Gasteiger partial charge in [0.15, 0.2) is 0 Å². The molecule has 0 fully saturated rings. The minimum Gasteiger partial charge on any atom is -0.352 e. The molecule has 1 atom stereocenters. The van der Waals surface area contributed by atoms with Gasteiger partial charge in [0, 0.05) is 12.1 Å². The molecule has 0 aromatic heterocycles. The minimum absolute atomic E-state index is 0.153. The van der Waals surface area contributed by atoms with Crippen LogP contribution < -0.4 is 9.62 Å². The predicted octanol–water partition coefficient (Wildman–Crippen LogP) is 3.60. The highest BCUT2D eigenvalue weighted by Gasteiger charge is 2.29. The molecule has 0 saturated heterocycles. The van der Waals surface area contributed by atoms with E-state index in [0.717, 1.165) is 16.4 Å². The number of hydrogen-bond donors (Lipinski definition) is 1. The van der Waals surface area contributed by atoms with Crippen molar-refractivity contribution >= 4 is 38.9 Å². The van der Waals surface area contributed by atoms with Gasteiger partial charge < -0.3 is 5.32 Å². The summed E-state index contributed by atoms with van der Waals surface area (Å²) in [6.45, 7) is 5.22. The highest BCUT2D eigenvalue weighted by Crippen LogP contribution is 2.30. The largest absolute Gasteiger partial charge is 0.352 e. The Balaban J connectivity index is 2.47. The fourth-order valence-electron chi connectivity index (χ4n) is 2.43. The number of rotatable bonds is 8. The molecule has 8 nitrogen and oxygen atoms in total. The second kappa shape index (κ2) is 9.23. The molecule has 1 amide bonds. The molecular weight excluding hydrogens is 418 g/mol. The molecule has 0 spiro atoms. The summed E-state index contributed by atoms with van der Waals surface area (Å²) in [7, 11) is -4.27. The molecule has 0 aliphatic carbocycles. The van der Waals surface area contributed by atoms with Crippen LogP contribution in [0.3, 0.4) is 0 Å². The highest BCUT2D eigenvalue weighted by molar-refractivity contribution is 7.92. The van der Waals surface area contributed by atoms with Gasteiger partial charge in [0.25, 0.3) is 15.7 Å². The summed E-state index contributed by atoms with van der Waals surface area (Å²) in [6, 6.07) is 11.1. The van der Waals surface area contributed by atoms with Gasteiger partial charge in [-0.25, -0.2) is 8.42 Å². The third kappa shape index (κ3) is 5.45. The molecule has 156 valence electrons. The number of nitrogens with zero attached hydrogens (tertiary/aromatic N) is 2. The number of hydrogen-bond acceptors (Lipinski definition) is 5. The highest BCUT2D eigenvalue weighted by atomic mass is 35.5. The molecule has 0 heterocycles. The molecule has 0 aliphatic rings. The van der Waals surface area contributed by atoms with Crippen molar-refractivity contribution in [3.63, 3.8) is 0 Å². The topological polar surface area (TPSA) is 110 Å². The first-order valence-electron chi connectivity index (χ1n) is 8.85. The second-order valence-corrected chi connectivity index (χ2v) is 9.09. The van der Waals surface area contributed by atoms with Crippen molar-refractivity contribution in [2.24, 2.45) is 5.92 Å². The Hall–Kier alpha value is -2.65. The molecule has 2 rings (SSSR count). The summed E-state index contributed by atoms with van der Waals surface area (Å²) in [5.74, 6) is -0.318. The average molecular weight is 440 g/mol. The van der Waals surface area contributed by atoms with Crippen molar-refractivity contribution in [1.29, 1.82) is 0 Å². The first-order valence-corrected chi connectivity index (χ1v) is 10.7. The van der Waals surface area contributed by atoms with Crippen LogP contribution in [0.2, 0.25) is 5.02 Å². The van der Waals surface area contributed by atoms with Crippen LogP contribution >= 0.6 is 11.6 Å². The third-order valence-electron chi connectivity index (χ3n) is 4.42. The van der Waals surface area contributed by atoms with E-state index in [1.165, 1.54) is 6.07 Å². The Kier molecular flexibility index (Phi) is 7.21. The fourth-order valence-corrected chi connectivity index (χ4v) is 4.05. The molecule has 10 heteroatoms. The summed E-state index contributed by atoms with van der Waals surface area (Å²) in [6.07, 6.45) is 0. The van der Waals surface area contributed by atoms with Crippen molar-refractivity contribution < 1.29 is 18.1 Å². The van der Waals surface area contributed by atoms with Crippen molar-refractivity contribution in [1.82, 2.24) is 5.32 Å². The van der Waals surface area contributed by atoms with Gasteiger partial charge in [-0.15, -0.1) is 0 Å². The van der Waals surface area contributed by atoms with Crippen molar-refractivity contribution in [2.45, 2.75) is 31.7 Å². The Bertz CT molecular complexity index is 996. The smallest absolute Gasteiger partial charge is 0.289 e. The van der Waals surface area contributed by atoms with Gasteiger partial charge in [0.2, 0.25) is 5.91 Å². The minimum atomic E-state index is -4.27. The molecule has 29 heavy (non-hydrogen) atoms. The van der Waals surface area contributed by atoms with Gasteiger partial charge in [0.05, 0.1) is 15.5 Å². The molecular formula is C19H22ClN3O5S. The number of carbonyl (C=O) groups excluding carboxylic acids is 1. The van der Waals surface area contributed by atoms with E-state index in [0.29, 0.717) is 0 Å². The SMILES string of the molecule is CC(C)C(C)NC(=O)CN(c1ccccc1)S(=O)(=O)c1ccc(Cl)c([N+](=O)[O-])c1. The van der Waals surface area contributed by atoms with Gasteiger partial charge in [0.1, 0.15) is 11.6 Å². The lowest BCUT2D eigenvalue weighted by molar-refractivity contribution is -0.384. The van der Waals surface area contributed by atoms with Crippen LogP contribution in [0.25, 0.3) is 0 Å². The standard InChI is InChI=1S/C19H22ClN3O5S/c1-13(2)14(3)21-19(24)12-22(15-7-5-4-6-8-15)29(27,28)16-9-10-17(20)18(11-16)23(25)26/h4-11,13-14H,12H2,1-3H3,(H,21,24). The lowest BCUT2D eigenvalue weighted by Crippen LogP contribution is -2.45. The van der Waals surface area contributed by atoms with Crippen molar-refractivity contribution in [2.75, 3.05) is 10.8 Å². The zero-order valence-corrected chi connectivity index (χ0v) is 17.8. The molecule has 0 radical (unpaired) electrons. The molecule has 2 aromatic rings. The molecule has 1 unspecified atom stereocenters. The van der Waals surface area contributed by atoms with Gasteiger partial charge in [-0.2, -0.15) is 0 Å². The lowest BCUT2D eigenvalue weighted by atomic mass is 10.1. The molecule has 0 bridgehead atoms. The maximum absolute atomic E-state index is 13.3. The summed E-state index contributed by atoms with van der Waals surface area (Å²) >= 11 is 5.79. The van der Waals surface area contributed by atoms with Gasteiger partial charge in [-0.1, -0.05) is 43.6 Å². The Morgan fingerprint density at radius 3 is 2.34 bits per heavy atom. The van der Waals surface area contributed by atoms with Crippen LogP contribution in [0.15, 0.2) is 53.4 Å². The number of halogens is 1. The number of sulfonamides is 1. The van der Waals surface area contributed by atoms with Crippen LogP contribution in [0.5, 0.6) is 0 Å². The molecule has 2 aromatic carbocycles. The third-order valence-corrected chi connectivity index (χ3v) is 6.51. The Morgan fingerprint density at radius 1 is 1.17 bits per heavy atom. The van der Waals surface area contributed by atoms with Crippen molar-refractivity contribution in [3.8, 4) is 0 Å². The van der Waals surface area contributed by atoms with E-state index in [1.54, 1.807) is 30.3 Å². The van der Waals surface area contributed by atoms with E-state index in [-0.39, 0.29) is 27.6 Å². The van der Waals surface area contributed by atoms with Crippen LogP contribution in [-0.2, 0) is 14.8 Å². The monoisotopic (exact) mass is 439 g/mol. The van der Waals surface area contributed by atoms with E-state index in [9.17, 15) is 23.3 Å². The first kappa shape index (κ1) is 22.6. The zero-order chi connectivity index (χ0) is 21.8. The van der Waals surface area contributed by atoms with E-state index in [2.05, 4.69) is 5.32 Å².